The van der Waals surface area contributed by atoms with Crippen molar-refractivity contribution in [3.8, 4) is 0 Å². The van der Waals surface area contributed by atoms with Crippen LogP contribution in [-0.4, -0.2) is 10.2 Å². The fourth-order valence-electron chi connectivity index (χ4n) is 6.09. The highest BCUT2D eigenvalue weighted by Crippen LogP contribution is 2.58. The molecule has 35 heavy (non-hydrogen) atoms. The van der Waals surface area contributed by atoms with Crippen LogP contribution < -0.4 is 15.9 Å². The Labute approximate surface area is 204 Å². The molecule has 0 radical (unpaired) electrons. The average molecular weight is 471 g/mol. The minimum atomic E-state index is -3.21. The van der Waals surface area contributed by atoms with E-state index in [2.05, 4.69) is 84.7 Å². The number of hydrogen-bond acceptors (Lipinski definition) is 3. The van der Waals surface area contributed by atoms with Crippen LogP contribution in [0.25, 0.3) is 21.9 Å². The fraction of sp³-hybridized carbons (Fsp3) is 0.0968. The van der Waals surface area contributed by atoms with Crippen LogP contribution in [0.15, 0.2) is 103 Å². The Balaban J connectivity index is 1.76. The van der Waals surface area contributed by atoms with Gasteiger partial charge in [0, 0.05) is 38.7 Å². The van der Waals surface area contributed by atoms with Gasteiger partial charge in [-0.15, -0.1) is 0 Å². The SMILES string of the molecule is CC1(C)C2=C(c3nnccc31)c1c(ccc3ccccc13)P(=O)(c1ccccc1)c1ccccc12. The van der Waals surface area contributed by atoms with Crippen LogP contribution >= 0.6 is 7.14 Å². The van der Waals surface area contributed by atoms with Crippen LogP contribution in [0.4, 0.5) is 0 Å². The van der Waals surface area contributed by atoms with Crippen LogP contribution in [-0.2, 0) is 9.98 Å². The summed E-state index contributed by atoms with van der Waals surface area (Å²) in [5, 5.41) is 13.8. The van der Waals surface area contributed by atoms with E-state index < -0.39 is 7.14 Å². The maximum Gasteiger partial charge on any atom is 0.172 e. The molecule has 168 valence electrons. The maximum absolute atomic E-state index is 15.6. The zero-order chi connectivity index (χ0) is 23.8. The van der Waals surface area contributed by atoms with Crippen LogP contribution in [0, 0.1) is 0 Å². The Morgan fingerprint density at radius 1 is 0.743 bits per heavy atom. The number of allylic oxidation sites excluding steroid dienone is 1. The molecule has 0 bridgehead atoms. The van der Waals surface area contributed by atoms with Crippen molar-refractivity contribution in [2.75, 3.05) is 0 Å². The number of aromatic nitrogens is 2. The van der Waals surface area contributed by atoms with Crippen LogP contribution in [0.2, 0.25) is 0 Å². The van der Waals surface area contributed by atoms with Gasteiger partial charge < -0.3 is 4.57 Å². The third kappa shape index (κ3) is 2.59. The van der Waals surface area contributed by atoms with E-state index in [1.54, 1.807) is 6.20 Å². The first kappa shape index (κ1) is 20.6. The van der Waals surface area contributed by atoms with Gasteiger partial charge in [-0.25, -0.2) is 0 Å². The summed E-state index contributed by atoms with van der Waals surface area (Å²) in [6, 6.07) is 32.9. The van der Waals surface area contributed by atoms with Gasteiger partial charge in [0.05, 0.1) is 5.69 Å². The Hall–Kier alpha value is -3.81. The molecule has 1 unspecified atom stereocenters. The second-order valence-electron chi connectivity index (χ2n) is 9.81. The quantitative estimate of drug-likeness (QED) is 0.290. The molecular formula is C31H23N2OP. The Kier molecular flexibility index (Phi) is 4.17. The Bertz CT molecular complexity index is 1750. The summed E-state index contributed by atoms with van der Waals surface area (Å²) in [6.07, 6.45) is 1.78. The van der Waals surface area contributed by atoms with Crippen molar-refractivity contribution in [3.05, 3.63) is 126 Å². The predicted molar refractivity (Wildman–Crippen MR) is 144 cm³/mol. The van der Waals surface area contributed by atoms with Crippen LogP contribution in [0.1, 0.15) is 36.2 Å². The number of hydrogen-bond donors (Lipinski definition) is 0. The van der Waals surface area contributed by atoms with E-state index in [0.29, 0.717) is 0 Å². The molecule has 0 spiro atoms. The molecular weight excluding hydrogens is 447 g/mol. The molecule has 1 atom stereocenters. The smallest absolute Gasteiger partial charge is 0.172 e. The van der Waals surface area contributed by atoms with Gasteiger partial charge in [-0.2, -0.15) is 10.2 Å². The zero-order valence-corrected chi connectivity index (χ0v) is 20.5. The number of fused-ring (bicyclic) bond motifs is 8. The molecule has 2 aliphatic rings. The van der Waals surface area contributed by atoms with Gasteiger partial charge in [0.1, 0.15) is 0 Å². The highest BCUT2D eigenvalue weighted by molar-refractivity contribution is 7.85. The van der Waals surface area contributed by atoms with Gasteiger partial charge in [0.25, 0.3) is 0 Å². The lowest BCUT2D eigenvalue weighted by Crippen LogP contribution is -2.29. The normalized spacial score (nSPS) is 19.5. The third-order valence-electron chi connectivity index (χ3n) is 7.63. The number of rotatable bonds is 1. The van der Waals surface area contributed by atoms with Gasteiger partial charge in [0.15, 0.2) is 7.14 Å². The van der Waals surface area contributed by atoms with E-state index >= 15 is 4.57 Å². The van der Waals surface area contributed by atoms with Gasteiger partial charge >= 0.3 is 0 Å². The van der Waals surface area contributed by atoms with Gasteiger partial charge in [-0.05, 0) is 39.6 Å². The van der Waals surface area contributed by atoms with Crippen molar-refractivity contribution >= 4 is 45.0 Å². The first-order valence-corrected chi connectivity index (χ1v) is 13.6. The van der Waals surface area contributed by atoms with Gasteiger partial charge in [-0.1, -0.05) is 98.8 Å². The maximum atomic E-state index is 15.6. The number of benzene rings is 4. The minimum Gasteiger partial charge on any atom is -0.309 e. The Morgan fingerprint density at radius 2 is 1.49 bits per heavy atom. The highest BCUT2D eigenvalue weighted by atomic mass is 31.2. The molecule has 2 heterocycles. The second-order valence-corrected chi connectivity index (χ2v) is 12.5. The molecule has 4 heteroatoms. The molecule has 3 nitrogen and oxygen atoms in total. The summed E-state index contributed by atoms with van der Waals surface area (Å²) in [4.78, 5) is 0. The molecule has 1 aliphatic heterocycles. The largest absolute Gasteiger partial charge is 0.309 e. The lowest BCUT2D eigenvalue weighted by molar-refractivity contribution is 0.592. The highest BCUT2D eigenvalue weighted by Gasteiger charge is 2.47. The van der Waals surface area contributed by atoms with Crippen molar-refractivity contribution in [2.45, 2.75) is 19.3 Å². The van der Waals surface area contributed by atoms with Crippen molar-refractivity contribution in [3.63, 3.8) is 0 Å². The predicted octanol–water partition coefficient (Wildman–Crippen LogP) is 5.83. The summed E-state index contributed by atoms with van der Waals surface area (Å²) < 4.78 is 15.6. The van der Waals surface area contributed by atoms with E-state index in [4.69, 9.17) is 0 Å². The minimum absolute atomic E-state index is 0.323. The molecule has 4 aromatic carbocycles. The molecule has 0 saturated heterocycles. The molecule has 0 fully saturated rings. The first-order chi connectivity index (χ1) is 17.0. The van der Waals surface area contributed by atoms with E-state index in [0.717, 1.165) is 54.6 Å². The second kappa shape index (κ2) is 7.10. The molecule has 0 amide bonds. The average Bonchev–Trinajstić information content (AvgIpc) is 3.08. The summed E-state index contributed by atoms with van der Waals surface area (Å²) >= 11 is 0. The van der Waals surface area contributed by atoms with Crippen molar-refractivity contribution in [1.29, 1.82) is 0 Å². The van der Waals surface area contributed by atoms with E-state index in [9.17, 15) is 0 Å². The topological polar surface area (TPSA) is 42.9 Å². The number of nitrogens with zero attached hydrogens (tertiary/aromatic N) is 2. The van der Waals surface area contributed by atoms with Crippen molar-refractivity contribution in [1.82, 2.24) is 10.2 Å². The molecule has 1 aliphatic carbocycles. The lowest BCUT2D eigenvalue weighted by atomic mass is 9.78. The molecule has 1 aromatic heterocycles. The Morgan fingerprint density at radius 3 is 2.34 bits per heavy atom. The fourth-order valence-corrected chi connectivity index (χ4v) is 9.15. The molecule has 7 rings (SSSR count). The van der Waals surface area contributed by atoms with Gasteiger partial charge in [-0.3, -0.25) is 0 Å². The summed E-state index contributed by atoms with van der Waals surface area (Å²) in [7, 11) is -3.21. The standard InChI is InChI=1S/C31H23N2OP/c1-31(2)24-18-19-32-33-30(24)28-27-22-13-7-6-10-20(22)16-17-26(27)35(34,21-11-4-3-5-12-21)25-15-9-8-14-23(25)29(28)31/h3-19H,1-2H3. The lowest BCUT2D eigenvalue weighted by Gasteiger charge is -2.28. The summed E-state index contributed by atoms with van der Waals surface area (Å²) in [6.45, 7) is 4.49. The molecule has 0 N–H and O–H groups in total. The van der Waals surface area contributed by atoms with Crippen LogP contribution in [0.5, 0.6) is 0 Å². The summed E-state index contributed by atoms with van der Waals surface area (Å²) in [5.41, 5.74) is 6.02. The zero-order valence-electron chi connectivity index (χ0n) is 19.6. The summed E-state index contributed by atoms with van der Waals surface area (Å²) in [5.74, 6) is 0. The first-order valence-electron chi connectivity index (χ1n) is 11.9. The van der Waals surface area contributed by atoms with Crippen molar-refractivity contribution in [2.24, 2.45) is 0 Å². The van der Waals surface area contributed by atoms with Crippen LogP contribution in [0.3, 0.4) is 0 Å². The third-order valence-corrected chi connectivity index (χ3v) is 10.8. The van der Waals surface area contributed by atoms with Crippen molar-refractivity contribution < 1.29 is 4.57 Å². The molecule has 5 aromatic rings. The molecule has 0 saturated carbocycles. The monoisotopic (exact) mass is 470 g/mol. The van der Waals surface area contributed by atoms with Gasteiger partial charge in [0.2, 0.25) is 0 Å². The van der Waals surface area contributed by atoms with E-state index in [-0.39, 0.29) is 5.41 Å². The van der Waals surface area contributed by atoms with E-state index in [1.165, 1.54) is 5.57 Å². The van der Waals surface area contributed by atoms with E-state index in [1.807, 2.05) is 36.4 Å².